The van der Waals surface area contributed by atoms with E-state index in [4.69, 9.17) is 5.26 Å². The molecule has 0 bridgehead atoms. The second-order valence-corrected chi connectivity index (χ2v) is 3.78. The van der Waals surface area contributed by atoms with Crippen molar-refractivity contribution < 1.29 is 0 Å². The number of nitrogens with zero attached hydrogens (tertiary/aromatic N) is 3. The minimum absolute atomic E-state index is 0.509. The molecular formula is C10H7N3S. The number of hydrogen-bond acceptors (Lipinski definition) is 4. The lowest BCUT2D eigenvalue weighted by Gasteiger charge is -1.95. The molecule has 0 aliphatic heterocycles. The molecule has 0 saturated heterocycles. The van der Waals surface area contributed by atoms with Crippen molar-refractivity contribution in [1.82, 2.24) is 9.97 Å². The van der Waals surface area contributed by atoms with Gasteiger partial charge in [0.1, 0.15) is 6.07 Å². The van der Waals surface area contributed by atoms with Crippen LogP contribution in [0.15, 0.2) is 24.5 Å². The lowest BCUT2D eigenvalue weighted by molar-refractivity contribution is 1.23. The average Bonchev–Trinajstić information content (AvgIpc) is 2.61. The van der Waals surface area contributed by atoms with Crippen molar-refractivity contribution in [2.45, 2.75) is 6.92 Å². The molecule has 0 aliphatic carbocycles. The highest BCUT2D eigenvalue weighted by atomic mass is 32.1. The van der Waals surface area contributed by atoms with E-state index in [0.29, 0.717) is 5.01 Å². The molecule has 3 nitrogen and oxygen atoms in total. The maximum absolute atomic E-state index is 8.71. The van der Waals surface area contributed by atoms with Gasteiger partial charge in [-0.25, -0.2) is 4.98 Å². The van der Waals surface area contributed by atoms with Gasteiger partial charge < -0.3 is 0 Å². The van der Waals surface area contributed by atoms with E-state index >= 15 is 0 Å². The second-order valence-electron chi connectivity index (χ2n) is 2.78. The molecule has 2 heterocycles. The summed E-state index contributed by atoms with van der Waals surface area (Å²) in [4.78, 5) is 9.13. The van der Waals surface area contributed by atoms with Gasteiger partial charge in [0.25, 0.3) is 0 Å². The number of nitriles is 1. The normalized spacial score (nSPS) is 9.71. The van der Waals surface area contributed by atoms with Crippen LogP contribution in [0.4, 0.5) is 0 Å². The third kappa shape index (κ3) is 1.50. The maximum atomic E-state index is 8.71. The molecule has 0 spiro atoms. The highest BCUT2D eigenvalue weighted by Gasteiger charge is 2.08. The Morgan fingerprint density at radius 1 is 1.36 bits per heavy atom. The summed E-state index contributed by atoms with van der Waals surface area (Å²) in [5, 5.41) is 9.22. The van der Waals surface area contributed by atoms with Crippen molar-refractivity contribution in [2.24, 2.45) is 0 Å². The molecule has 0 fully saturated rings. The lowest BCUT2D eigenvalue weighted by Crippen LogP contribution is -1.78. The fraction of sp³-hybridized carbons (Fsp3) is 0.100. The van der Waals surface area contributed by atoms with E-state index in [9.17, 15) is 0 Å². The van der Waals surface area contributed by atoms with Crippen LogP contribution in [0.5, 0.6) is 0 Å². The first-order valence-electron chi connectivity index (χ1n) is 4.09. The largest absolute Gasteiger partial charge is 0.265 e. The van der Waals surface area contributed by atoms with Crippen LogP contribution >= 0.6 is 11.3 Å². The van der Waals surface area contributed by atoms with E-state index in [2.05, 4.69) is 9.97 Å². The smallest absolute Gasteiger partial charge is 0.195 e. The summed E-state index contributed by atoms with van der Waals surface area (Å²) in [5.74, 6) is 0. The summed E-state index contributed by atoms with van der Waals surface area (Å²) in [6.45, 7) is 1.91. The summed E-state index contributed by atoms with van der Waals surface area (Å²) in [6, 6.07) is 5.89. The monoisotopic (exact) mass is 201 g/mol. The first-order chi connectivity index (χ1) is 6.81. The number of aryl methyl sites for hydroxylation is 1. The lowest BCUT2D eigenvalue weighted by atomic mass is 10.2. The molecule has 14 heavy (non-hydrogen) atoms. The minimum Gasteiger partial charge on any atom is -0.265 e. The third-order valence-electron chi connectivity index (χ3n) is 1.83. The van der Waals surface area contributed by atoms with Crippen molar-refractivity contribution in [3.8, 4) is 16.5 Å². The number of aromatic nitrogens is 2. The molecule has 0 radical (unpaired) electrons. The Labute approximate surface area is 85.7 Å². The van der Waals surface area contributed by atoms with E-state index < -0.39 is 0 Å². The molecule has 4 heteroatoms. The van der Waals surface area contributed by atoms with Gasteiger partial charge in [-0.2, -0.15) is 5.26 Å². The highest BCUT2D eigenvalue weighted by Crippen LogP contribution is 2.28. The Morgan fingerprint density at radius 3 is 2.64 bits per heavy atom. The van der Waals surface area contributed by atoms with Crippen LogP contribution in [0, 0.1) is 18.3 Å². The summed E-state index contributed by atoms with van der Waals surface area (Å²) >= 11 is 1.41. The summed E-state index contributed by atoms with van der Waals surface area (Å²) in [5.41, 5.74) is 1.97. The van der Waals surface area contributed by atoms with Crippen LogP contribution in [0.1, 0.15) is 10.7 Å². The molecule has 2 rings (SSSR count). The molecule has 68 valence electrons. The van der Waals surface area contributed by atoms with Gasteiger partial charge in [-0.3, -0.25) is 4.98 Å². The molecule has 0 saturated carbocycles. The molecule has 0 aromatic carbocycles. The van der Waals surface area contributed by atoms with Crippen molar-refractivity contribution in [1.29, 1.82) is 5.26 Å². The van der Waals surface area contributed by atoms with Crippen LogP contribution in [0.3, 0.4) is 0 Å². The topological polar surface area (TPSA) is 49.6 Å². The second kappa shape index (κ2) is 3.56. The standard InChI is InChI=1S/C10H7N3S/c1-7-10(14-9(6-11)13-7)8-2-4-12-5-3-8/h2-5H,1H3. The Morgan fingerprint density at radius 2 is 2.07 bits per heavy atom. The van der Waals surface area contributed by atoms with Crippen molar-refractivity contribution in [3.05, 3.63) is 35.2 Å². The number of rotatable bonds is 1. The van der Waals surface area contributed by atoms with E-state index in [0.717, 1.165) is 16.1 Å². The minimum atomic E-state index is 0.509. The van der Waals surface area contributed by atoms with Gasteiger partial charge in [0, 0.05) is 12.4 Å². The fourth-order valence-corrected chi connectivity index (χ4v) is 2.08. The zero-order chi connectivity index (χ0) is 9.97. The van der Waals surface area contributed by atoms with E-state index in [1.54, 1.807) is 12.4 Å². The van der Waals surface area contributed by atoms with Gasteiger partial charge >= 0.3 is 0 Å². The summed E-state index contributed by atoms with van der Waals surface area (Å²) in [6.07, 6.45) is 3.47. The molecular weight excluding hydrogens is 194 g/mol. The fourth-order valence-electron chi connectivity index (χ4n) is 1.22. The van der Waals surface area contributed by atoms with Gasteiger partial charge in [0.05, 0.1) is 10.6 Å². The number of thiazole rings is 1. The zero-order valence-electron chi connectivity index (χ0n) is 7.56. The number of hydrogen-bond donors (Lipinski definition) is 0. The van der Waals surface area contributed by atoms with Crippen molar-refractivity contribution in [3.63, 3.8) is 0 Å². The van der Waals surface area contributed by atoms with Gasteiger partial charge in [0.2, 0.25) is 0 Å². The van der Waals surface area contributed by atoms with Gasteiger partial charge in [-0.1, -0.05) is 0 Å². The van der Waals surface area contributed by atoms with Crippen LogP contribution < -0.4 is 0 Å². The van der Waals surface area contributed by atoms with Crippen LogP contribution in [-0.2, 0) is 0 Å². The summed E-state index contributed by atoms with van der Waals surface area (Å²) in [7, 11) is 0. The molecule has 0 aliphatic rings. The van der Waals surface area contributed by atoms with E-state index in [1.165, 1.54) is 11.3 Å². The van der Waals surface area contributed by atoms with Gasteiger partial charge in [0.15, 0.2) is 5.01 Å². The quantitative estimate of drug-likeness (QED) is 0.711. The maximum Gasteiger partial charge on any atom is 0.195 e. The Bertz CT molecular complexity index is 482. The highest BCUT2D eigenvalue weighted by molar-refractivity contribution is 7.15. The first kappa shape index (κ1) is 8.85. The van der Waals surface area contributed by atoms with Gasteiger partial charge in [-0.15, -0.1) is 11.3 Å². The molecule has 2 aromatic heterocycles. The van der Waals surface area contributed by atoms with Crippen LogP contribution in [0.2, 0.25) is 0 Å². The predicted octanol–water partition coefficient (Wildman–Crippen LogP) is 2.39. The Hall–Kier alpha value is -1.73. The SMILES string of the molecule is Cc1nc(C#N)sc1-c1ccncc1. The Kier molecular flexibility index (Phi) is 2.25. The molecule has 0 amide bonds. The summed E-state index contributed by atoms with van der Waals surface area (Å²) < 4.78 is 0. The molecule has 2 aromatic rings. The van der Waals surface area contributed by atoms with Crippen LogP contribution in [0.25, 0.3) is 10.4 Å². The van der Waals surface area contributed by atoms with Gasteiger partial charge in [-0.05, 0) is 24.6 Å². The van der Waals surface area contributed by atoms with E-state index in [-0.39, 0.29) is 0 Å². The zero-order valence-corrected chi connectivity index (χ0v) is 8.38. The third-order valence-corrected chi connectivity index (χ3v) is 2.95. The predicted molar refractivity (Wildman–Crippen MR) is 54.8 cm³/mol. The first-order valence-corrected chi connectivity index (χ1v) is 4.91. The van der Waals surface area contributed by atoms with Crippen LogP contribution in [-0.4, -0.2) is 9.97 Å². The molecule has 0 unspecified atom stereocenters. The Balaban J connectivity index is 2.53. The molecule has 0 N–H and O–H groups in total. The molecule has 0 atom stereocenters. The van der Waals surface area contributed by atoms with E-state index in [1.807, 2.05) is 25.1 Å². The van der Waals surface area contributed by atoms with Crippen molar-refractivity contribution >= 4 is 11.3 Å². The average molecular weight is 201 g/mol. The van der Waals surface area contributed by atoms with Crippen molar-refractivity contribution in [2.75, 3.05) is 0 Å². The number of pyridine rings is 1.